The molecule has 1 saturated heterocycles. The highest BCUT2D eigenvalue weighted by Gasteiger charge is 2.28. The van der Waals surface area contributed by atoms with Gasteiger partial charge in [-0.25, -0.2) is 0 Å². The molecule has 0 bridgehead atoms. The quantitative estimate of drug-likeness (QED) is 0.313. The first-order valence-corrected chi connectivity index (χ1v) is 12.2. The van der Waals surface area contributed by atoms with Crippen molar-refractivity contribution in [3.63, 3.8) is 0 Å². The van der Waals surface area contributed by atoms with Gasteiger partial charge in [0, 0.05) is 6.54 Å². The van der Waals surface area contributed by atoms with Crippen molar-refractivity contribution >= 4 is 23.6 Å². The number of aliphatic hydroxyl groups excluding tert-OH is 1. The largest absolute Gasteiger partial charge is 0.491 e. The summed E-state index contributed by atoms with van der Waals surface area (Å²) in [5, 5.41) is 19.9. The summed E-state index contributed by atoms with van der Waals surface area (Å²) in [6.07, 6.45) is 3.78. The number of fused-ring (bicyclic) bond motifs is 1. The van der Waals surface area contributed by atoms with Gasteiger partial charge >= 0.3 is 0 Å². The third kappa shape index (κ3) is 8.22. The van der Waals surface area contributed by atoms with Gasteiger partial charge in [0.05, 0.1) is 25.1 Å². The second-order valence-corrected chi connectivity index (χ2v) is 8.72. The number of para-hydroxylation sites is 1. The van der Waals surface area contributed by atoms with Gasteiger partial charge in [0.1, 0.15) is 24.4 Å². The number of hydrogen-bond acceptors (Lipinski definition) is 7. The molecule has 11 heteroatoms. The Kier molecular flexibility index (Phi) is 10.3. The molecule has 0 aromatic heterocycles. The Morgan fingerprint density at radius 1 is 1.11 bits per heavy atom. The molecule has 0 radical (unpaired) electrons. The first kappa shape index (κ1) is 26.4. The topological polar surface area (TPSA) is 149 Å². The zero-order valence-corrected chi connectivity index (χ0v) is 19.9. The number of ether oxygens (including phenoxy) is 1. The number of unbranched alkanes of at least 4 members (excludes halogenated alkanes) is 1. The van der Waals surface area contributed by atoms with Crippen molar-refractivity contribution in [3.8, 4) is 5.75 Å². The summed E-state index contributed by atoms with van der Waals surface area (Å²) >= 11 is 0. The summed E-state index contributed by atoms with van der Waals surface area (Å²) < 4.78 is 5.64. The van der Waals surface area contributed by atoms with Crippen molar-refractivity contribution < 1.29 is 29.0 Å². The molecule has 1 fully saturated rings. The molecule has 2 aliphatic rings. The van der Waals surface area contributed by atoms with Crippen molar-refractivity contribution in [2.75, 3.05) is 45.9 Å². The molecular formula is C24H35N5O6. The van der Waals surface area contributed by atoms with Gasteiger partial charge in [0.25, 0.3) is 5.91 Å². The fraction of sp³-hybridized carbons (Fsp3) is 0.583. The van der Waals surface area contributed by atoms with E-state index in [0.29, 0.717) is 12.3 Å². The van der Waals surface area contributed by atoms with E-state index in [-0.39, 0.29) is 18.7 Å². The van der Waals surface area contributed by atoms with Gasteiger partial charge in [-0.3, -0.25) is 19.2 Å². The number of carbonyl (C=O) groups is 4. The Labute approximate surface area is 205 Å². The van der Waals surface area contributed by atoms with Crippen LogP contribution in [0.1, 0.15) is 42.5 Å². The smallest absolute Gasteiger partial charge is 0.255 e. The molecule has 11 nitrogen and oxygen atoms in total. The molecule has 0 saturated carbocycles. The molecule has 35 heavy (non-hydrogen) atoms. The van der Waals surface area contributed by atoms with E-state index in [1.54, 1.807) is 24.3 Å². The van der Waals surface area contributed by atoms with Crippen molar-refractivity contribution in [1.29, 1.82) is 0 Å². The third-order valence-corrected chi connectivity index (χ3v) is 6.04. The number of carbonyl (C=O) groups excluding carboxylic acids is 4. The van der Waals surface area contributed by atoms with Crippen LogP contribution in [0, 0.1) is 0 Å². The van der Waals surface area contributed by atoms with Gasteiger partial charge in [0.2, 0.25) is 17.7 Å². The number of amides is 4. The number of nitrogens with zero attached hydrogens (tertiary/aromatic N) is 1. The molecule has 0 unspecified atom stereocenters. The molecule has 0 aliphatic carbocycles. The third-order valence-electron chi connectivity index (χ3n) is 6.04. The van der Waals surface area contributed by atoms with Crippen LogP contribution in [-0.2, 0) is 14.4 Å². The Balaban J connectivity index is 1.66. The molecule has 1 aromatic rings. The van der Waals surface area contributed by atoms with Gasteiger partial charge < -0.3 is 36.0 Å². The number of hydrogen-bond donors (Lipinski definition) is 5. The second-order valence-electron chi connectivity index (χ2n) is 8.72. The Morgan fingerprint density at radius 3 is 2.66 bits per heavy atom. The minimum atomic E-state index is -1.18. The first-order valence-electron chi connectivity index (χ1n) is 12.2. The van der Waals surface area contributed by atoms with Crippen molar-refractivity contribution in [1.82, 2.24) is 26.2 Å². The van der Waals surface area contributed by atoms with Gasteiger partial charge in [-0.2, -0.15) is 0 Å². The predicted octanol–water partition coefficient (Wildman–Crippen LogP) is -0.847. The first-order chi connectivity index (χ1) is 17.0. The minimum Gasteiger partial charge on any atom is -0.491 e. The van der Waals surface area contributed by atoms with E-state index in [2.05, 4.69) is 26.2 Å². The number of aliphatic hydroxyl groups is 1. The van der Waals surface area contributed by atoms with E-state index in [1.165, 1.54) is 12.8 Å². The highest BCUT2D eigenvalue weighted by molar-refractivity contribution is 6.01. The standard InChI is InChI=1S/C24H35N5O6/c30-16-19-24(34)26-10-14-35-20-8-2-1-7-17(20)22(32)28-18(15-21(31)27-19)23(33)25-9-3-4-11-29-12-5-6-13-29/h1-2,7-8,18-19,30H,3-6,9-16H2,(H,25,33)(H,26,34)(H,27,31)(H,28,32)/t18-,19-/m0/s1. The molecule has 3 rings (SSSR count). The molecule has 5 N–H and O–H groups in total. The zero-order valence-electron chi connectivity index (χ0n) is 19.9. The molecule has 2 aliphatic heterocycles. The molecule has 4 amide bonds. The summed E-state index contributed by atoms with van der Waals surface area (Å²) in [6, 6.07) is 4.20. The van der Waals surface area contributed by atoms with E-state index in [1.807, 2.05) is 0 Å². The van der Waals surface area contributed by atoms with Gasteiger partial charge in [-0.05, 0) is 57.5 Å². The second kappa shape index (κ2) is 13.6. The van der Waals surface area contributed by atoms with Crippen molar-refractivity contribution in [2.45, 2.75) is 44.2 Å². The summed E-state index contributed by atoms with van der Waals surface area (Å²) in [5.41, 5.74) is 0.216. The van der Waals surface area contributed by atoms with Crippen molar-refractivity contribution in [2.24, 2.45) is 0 Å². The van der Waals surface area contributed by atoms with Gasteiger partial charge in [-0.1, -0.05) is 12.1 Å². The van der Waals surface area contributed by atoms with Crippen LogP contribution < -0.4 is 26.0 Å². The highest BCUT2D eigenvalue weighted by Crippen LogP contribution is 2.18. The lowest BCUT2D eigenvalue weighted by atomic mass is 10.1. The van der Waals surface area contributed by atoms with E-state index in [4.69, 9.17) is 4.74 Å². The molecule has 192 valence electrons. The summed E-state index contributed by atoms with van der Waals surface area (Å²) in [7, 11) is 0. The molecule has 0 spiro atoms. The molecule has 2 heterocycles. The maximum Gasteiger partial charge on any atom is 0.255 e. The average Bonchev–Trinajstić information content (AvgIpc) is 3.37. The monoisotopic (exact) mass is 489 g/mol. The number of likely N-dealkylation sites (tertiary alicyclic amines) is 1. The van der Waals surface area contributed by atoms with E-state index in [0.717, 1.165) is 32.5 Å². The van der Waals surface area contributed by atoms with Crippen LogP contribution in [0.3, 0.4) is 0 Å². The maximum atomic E-state index is 13.0. The van der Waals surface area contributed by atoms with Crippen LogP contribution in [-0.4, -0.2) is 91.7 Å². The Hall–Kier alpha value is -3.18. The van der Waals surface area contributed by atoms with E-state index in [9.17, 15) is 24.3 Å². The lowest BCUT2D eigenvalue weighted by molar-refractivity contribution is -0.131. The van der Waals surface area contributed by atoms with E-state index < -0.39 is 48.7 Å². The van der Waals surface area contributed by atoms with Crippen LogP contribution >= 0.6 is 0 Å². The molecular weight excluding hydrogens is 454 g/mol. The number of nitrogens with one attached hydrogen (secondary N) is 4. The fourth-order valence-electron chi connectivity index (χ4n) is 4.12. The number of rotatable bonds is 7. The summed E-state index contributed by atoms with van der Waals surface area (Å²) in [6.45, 7) is 3.22. The minimum absolute atomic E-state index is 0.0729. The Bertz CT molecular complexity index is 889. The average molecular weight is 490 g/mol. The Morgan fingerprint density at radius 2 is 1.89 bits per heavy atom. The normalized spacial score (nSPS) is 22.1. The lowest BCUT2D eigenvalue weighted by Gasteiger charge is -2.22. The van der Waals surface area contributed by atoms with Crippen LogP contribution in [0.15, 0.2) is 24.3 Å². The maximum absolute atomic E-state index is 13.0. The van der Waals surface area contributed by atoms with E-state index >= 15 is 0 Å². The van der Waals surface area contributed by atoms with Gasteiger partial charge in [-0.15, -0.1) is 0 Å². The van der Waals surface area contributed by atoms with Crippen LogP contribution in [0.5, 0.6) is 5.75 Å². The van der Waals surface area contributed by atoms with Crippen LogP contribution in [0.2, 0.25) is 0 Å². The van der Waals surface area contributed by atoms with Crippen molar-refractivity contribution in [3.05, 3.63) is 29.8 Å². The molecule has 2 atom stereocenters. The highest BCUT2D eigenvalue weighted by atomic mass is 16.5. The zero-order chi connectivity index (χ0) is 25.0. The predicted molar refractivity (Wildman–Crippen MR) is 128 cm³/mol. The summed E-state index contributed by atoms with van der Waals surface area (Å²) in [4.78, 5) is 53.1. The number of benzene rings is 1. The molecule has 1 aromatic carbocycles. The van der Waals surface area contributed by atoms with Crippen LogP contribution in [0.4, 0.5) is 0 Å². The van der Waals surface area contributed by atoms with Gasteiger partial charge in [0.15, 0.2) is 0 Å². The lowest BCUT2D eigenvalue weighted by Crippen LogP contribution is -2.53. The SMILES string of the molecule is O=C1C[C@@H](C(=O)NCCCCN2CCCC2)NC(=O)c2ccccc2OCCNC(=O)[C@H](CO)N1. The fourth-order valence-corrected chi connectivity index (χ4v) is 4.12. The van der Waals surface area contributed by atoms with Crippen LogP contribution in [0.25, 0.3) is 0 Å². The summed E-state index contributed by atoms with van der Waals surface area (Å²) in [5.74, 6) is -1.97.